The van der Waals surface area contributed by atoms with Gasteiger partial charge in [-0.1, -0.05) is 13.8 Å². The Labute approximate surface area is 90.0 Å². The molecule has 0 spiro atoms. The van der Waals surface area contributed by atoms with Gasteiger partial charge in [-0.2, -0.15) is 0 Å². The van der Waals surface area contributed by atoms with E-state index < -0.39 is 10.0 Å². The molecule has 2 N–H and O–H groups in total. The average molecular weight is 229 g/mol. The number of phenolic OH excluding ortho intramolecular Hbond substituents is 1. The molecule has 1 aromatic carbocycles. The van der Waals surface area contributed by atoms with Crippen LogP contribution in [-0.2, 0) is 10.0 Å². The Morgan fingerprint density at radius 3 is 2.40 bits per heavy atom. The molecule has 1 rings (SSSR count). The van der Waals surface area contributed by atoms with Crippen LogP contribution in [0.25, 0.3) is 0 Å². The topological polar surface area (TPSA) is 66.4 Å². The molecule has 0 bridgehead atoms. The van der Waals surface area contributed by atoms with E-state index in [-0.39, 0.29) is 11.7 Å². The lowest BCUT2D eigenvalue weighted by molar-refractivity contribution is 0.465. The SMILES string of the molecule is CC(C)c1cc(NS(C)(=O)=O)ccc1O. The highest BCUT2D eigenvalue weighted by atomic mass is 32.2. The summed E-state index contributed by atoms with van der Waals surface area (Å²) in [5.74, 6) is 0.329. The number of hydrogen-bond acceptors (Lipinski definition) is 3. The smallest absolute Gasteiger partial charge is 0.229 e. The lowest BCUT2D eigenvalue weighted by Gasteiger charge is -2.11. The molecule has 4 nitrogen and oxygen atoms in total. The zero-order chi connectivity index (χ0) is 11.6. The Morgan fingerprint density at radius 1 is 1.33 bits per heavy atom. The lowest BCUT2D eigenvalue weighted by Crippen LogP contribution is -2.09. The molecule has 0 heterocycles. The number of hydrogen-bond donors (Lipinski definition) is 2. The normalized spacial score (nSPS) is 11.7. The van der Waals surface area contributed by atoms with Gasteiger partial charge in [-0.25, -0.2) is 8.42 Å². The van der Waals surface area contributed by atoms with Crippen LogP contribution in [0, 0.1) is 0 Å². The Bertz CT molecular complexity index is 452. The van der Waals surface area contributed by atoms with Crippen LogP contribution in [-0.4, -0.2) is 19.8 Å². The van der Waals surface area contributed by atoms with Crippen molar-refractivity contribution in [3.8, 4) is 5.75 Å². The highest BCUT2D eigenvalue weighted by Gasteiger charge is 2.08. The van der Waals surface area contributed by atoms with Crippen LogP contribution in [0.15, 0.2) is 18.2 Å². The lowest BCUT2D eigenvalue weighted by atomic mass is 10.0. The largest absolute Gasteiger partial charge is 0.508 e. The molecule has 0 atom stereocenters. The minimum absolute atomic E-state index is 0.145. The first kappa shape index (κ1) is 11.8. The molecule has 0 fully saturated rings. The maximum atomic E-state index is 11.0. The van der Waals surface area contributed by atoms with E-state index in [9.17, 15) is 13.5 Å². The van der Waals surface area contributed by atoms with Gasteiger partial charge in [-0.15, -0.1) is 0 Å². The fraction of sp³-hybridized carbons (Fsp3) is 0.400. The molecule has 0 unspecified atom stereocenters. The molecule has 0 aromatic heterocycles. The molecular formula is C10H15NO3S. The van der Waals surface area contributed by atoms with Crippen LogP contribution in [0.2, 0.25) is 0 Å². The van der Waals surface area contributed by atoms with Crippen molar-refractivity contribution in [1.82, 2.24) is 0 Å². The molecule has 0 amide bonds. The average Bonchev–Trinajstić information content (AvgIpc) is 2.05. The predicted octanol–water partition coefficient (Wildman–Crippen LogP) is 1.89. The zero-order valence-electron chi connectivity index (χ0n) is 8.98. The molecule has 0 aliphatic rings. The van der Waals surface area contributed by atoms with E-state index in [0.29, 0.717) is 5.69 Å². The number of aromatic hydroxyl groups is 1. The van der Waals surface area contributed by atoms with E-state index in [4.69, 9.17) is 0 Å². The van der Waals surface area contributed by atoms with Crippen molar-refractivity contribution in [2.24, 2.45) is 0 Å². The minimum Gasteiger partial charge on any atom is -0.508 e. The Kier molecular flexibility index (Phi) is 3.24. The summed E-state index contributed by atoms with van der Waals surface area (Å²) in [6.45, 7) is 3.86. The summed E-state index contributed by atoms with van der Waals surface area (Å²) in [4.78, 5) is 0. The van der Waals surface area contributed by atoms with Crippen LogP contribution in [0.5, 0.6) is 5.75 Å². The van der Waals surface area contributed by atoms with Crippen molar-refractivity contribution in [2.45, 2.75) is 19.8 Å². The first-order valence-electron chi connectivity index (χ1n) is 4.60. The van der Waals surface area contributed by atoms with E-state index in [2.05, 4.69) is 4.72 Å². The van der Waals surface area contributed by atoms with Crippen LogP contribution in [0.1, 0.15) is 25.3 Å². The number of benzene rings is 1. The first-order valence-corrected chi connectivity index (χ1v) is 6.49. The summed E-state index contributed by atoms with van der Waals surface area (Å²) in [5, 5.41) is 9.53. The fourth-order valence-corrected chi connectivity index (χ4v) is 1.85. The summed E-state index contributed by atoms with van der Waals surface area (Å²) in [5.41, 5.74) is 1.20. The second kappa shape index (κ2) is 4.10. The van der Waals surface area contributed by atoms with Gasteiger partial charge in [-0.05, 0) is 29.7 Å². The van der Waals surface area contributed by atoms with Crippen LogP contribution < -0.4 is 4.72 Å². The molecule has 0 aliphatic heterocycles. The highest BCUT2D eigenvalue weighted by Crippen LogP contribution is 2.28. The van der Waals surface area contributed by atoms with E-state index in [0.717, 1.165) is 11.8 Å². The van der Waals surface area contributed by atoms with Gasteiger partial charge in [0.25, 0.3) is 0 Å². The second-order valence-corrected chi connectivity index (χ2v) is 5.55. The molecule has 0 saturated heterocycles. The molecule has 5 heteroatoms. The molecule has 84 valence electrons. The standard InChI is InChI=1S/C10H15NO3S/c1-7(2)9-6-8(4-5-10(9)12)11-15(3,13)14/h4-7,11-12H,1-3H3. The zero-order valence-corrected chi connectivity index (χ0v) is 9.80. The third kappa shape index (κ3) is 3.43. The van der Waals surface area contributed by atoms with E-state index in [1.807, 2.05) is 13.8 Å². The maximum absolute atomic E-state index is 11.0. The summed E-state index contributed by atoms with van der Waals surface area (Å²) in [7, 11) is -3.26. The minimum atomic E-state index is -3.26. The predicted molar refractivity (Wildman–Crippen MR) is 60.7 cm³/mol. The van der Waals surface area contributed by atoms with Crippen LogP contribution >= 0.6 is 0 Å². The van der Waals surface area contributed by atoms with Gasteiger partial charge in [0, 0.05) is 5.69 Å². The summed E-state index contributed by atoms with van der Waals surface area (Å²) in [6, 6.07) is 4.66. The van der Waals surface area contributed by atoms with Crippen molar-refractivity contribution >= 4 is 15.7 Å². The Hall–Kier alpha value is -1.23. The van der Waals surface area contributed by atoms with Gasteiger partial charge in [0.2, 0.25) is 10.0 Å². The summed E-state index contributed by atoms with van der Waals surface area (Å²) < 4.78 is 24.4. The number of anilines is 1. The summed E-state index contributed by atoms with van der Waals surface area (Å²) >= 11 is 0. The number of rotatable bonds is 3. The third-order valence-corrected chi connectivity index (χ3v) is 2.56. The third-order valence-electron chi connectivity index (χ3n) is 1.95. The van der Waals surface area contributed by atoms with Crippen LogP contribution in [0.3, 0.4) is 0 Å². The molecule has 0 saturated carbocycles. The monoisotopic (exact) mass is 229 g/mol. The van der Waals surface area contributed by atoms with E-state index in [1.165, 1.54) is 12.1 Å². The molecular weight excluding hydrogens is 214 g/mol. The summed E-state index contributed by atoms with van der Waals surface area (Å²) in [6.07, 6.45) is 1.09. The highest BCUT2D eigenvalue weighted by molar-refractivity contribution is 7.92. The van der Waals surface area contributed by atoms with Gasteiger partial charge >= 0.3 is 0 Å². The fourth-order valence-electron chi connectivity index (χ4n) is 1.29. The van der Waals surface area contributed by atoms with Gasteiger partial charge < -0.3 is 5.11 Å². The van der Waals surface area contributed by atoms with Gasteiger partial charge in [0.15, 0.2) is 0 Å². The molecule has 0 aliphatic carbocycles. The van der Waals surface area contributed by atoms with Gasteiger partial charge in [0.1, 0.15) is 5.75 Å². The van der Waals surface area contributed by atoms with Crippen molar-refractivity contribution in [3.05, 3.63) is 23.8 Å². The number of nitrogens with one attached hydrogen (secondary N) is 1. The Morgan fingerprint density at radius 2 is 1.93 bits per heavy atom. The first-order chi connectivity index (χ1) is 6.79. The van der Waals surface area contributed by atoms with E-state index >= 15 is 0 Å². The maximum Gasteiger partial charge on any atom is 0.229 e. The molecule has 1 aromatic rings. The van der Waals surface area contributed by atoms with E-state index in [1.54, 1.807) is 6.07 Å². The number of sulfonamides is 1. The second-order valence-electron chi connectivity index (χ2n) is 3.80. The molecule has 15 heavy (non-hydrogen) atoms. The Balaban J connectivity index is 3.08. The quantitative estimate of drug-likeness (QED) is 0.778. The molecule has 0 radical (unpaired) electrons. The van der Waals surface area contributed by atoms with Crippen molar-refractivity contribution < 1.29 is 13.5 Å². The van der Waals surface area contributed by atoms with Crippen molar-refractivity contribution in [1.29, 1.82) is 0 Å². The van der Waals surface area contributed by atoms with Crippen molar-refractivity contribution in [2.75, 3.05) is 11.0 Å². The van der Waals surface area contributed by atoms with Gasteiger partial charge in [-0.3, -0.25) is 4.72 Å². The van der Waals surface area contributed by atoms with Gasteiger partial charge in [0.05, 0.1) is 6.26 Å². The number of phenols is 1. The van der Waals surface area contributed by atoms with Crippen LogP contribution in [0.4, 0.5) is 5.69 Å². The van der Waals surface area contributed by atoms with Crippen molar-refractivity contribution in [3.63, 3.8) is 0 Å².